The van der Waals surface area contributed by atoms with E-state index >= 15 is 0 Å². The van der Waals surface area contributed by atoms with Crippen LogP contribution in [0.4, 0.5) is 0 Å². The number of benzene rings is 2. The highest BCUT2D eigenvalue weighted by Crippen LogP contribution is 2.18. The smallest absolute Gasteiger partial charge is 0.278 e. The molecule has 0 aliphatic carbocycles. The van der Waals surface area contributed by atoms with Crippen LogP contribution in [0.25, 0.3) is 5.57 Å². The first kappa shape index (κ1) is 10.7. The van der Waals surface area contributed by atoms with E-state index in [0.717, 1.165) is 21.7 Å². The van der Waals surface area contributed by atoms with Crippen LogP contribution in [0, 0.1) is 6.92 Å². The molecule has 0 aromatic heterocycles. The molecule has 3 heteroatoms. The third-order valence-electron chi connectivity index (χ3n) is 3.09. The van der Waals surface area contributed by atoms with Gasteiger partial charge in [0.2, 0.25) is 0 Å². The number of fused-ring (bicyclic) bond motifs is 1. The molecule has 2 aromatic carbocycles. The van der Waals surface area contributed by atoms with E-state index in [0.29, 0.717) is 5.57 Å². The Morgan fingerprint density at radius 2 is 1.78 bits per heavy atom. The number of carbonyl (C=O) groups excluding carboxylic acids is 1. The lowest BCUT2D eigenvalue weighted by atomic mass is 10.0. The minimum atomic E-state index is -0.218. The van der Waals surface area contributed by atoms with Gasteiger partial charge in [-0.25, -0.2) is 4.99 Å². The Hall–Kier alpha value is -2.42. The zero-order valence-electron chi connectivity index (χ0n) is 9.84. The average molecular weight is 237 g/mol. The number of aromatic hydroxyl groups is 1. The molecule has 18 heavy (non-hydrogen) atoms. The van der Waals surface area contributed by atoms with Crippen molar-refractivity contribution in [3.63, 3.8) is 0 Å². The van der Waals surface area contributed by atoms with Gasteiger partial charge in [-0.15, -0.1) is 0 Å². The molecule has 2 aromatic rings. The van der Waals surface area contributed by atoms with E-state index in [-0.39, 0.29) is 11.7 Å². The molecule has 1 heterocycles. The zero-order valence-corrected chi connectivity index (χ0v) is 9.84. The lowest BCUT2D eigenvalue weighted by Crippen LogP contribution is -2.25. The number of nitrogens with zero attached hydrogens (tertiary/aromatic N) is 1. The summed E-state index contributed by atoms with van der Waals surface area (Å²) in [7, 11) is 0. The van der Waals surface area contributed by atoms with Crippen LogP contribution >= 0.6 is 0 Å². The van der Waals surface area contributed by atoms with Crippen molar-refractivity contribution >= 4 is 11.5 Å². The zero-order chi connectivity index (χ0) is 12.7. The number of para-hydroxylation sites is 1. The van der Waals surface area contributed by atoms with E-state index in [9.17, 15) is 9.90 Å². The summed E-state index contributed by atoms with van der Waals surface area (Å²) in [5.74, 6) is -0.0313. The first-order valence-electron chi connectivity index (χ1n) is 5.69. The molecule has 1 aliphatic heterocycles. The summed E-state index contributed by atoms with van der Waals surface area (Å²) in [4.78, 5) is 16.1. The maximum Gasteiger partial charge on any atom is 0.278 e. The second kappa shape index (κ2) is 3.81. The van der Waals surface area contributed by atoms with Gasteiger partial charge in [0, 0.05) is 5.22 Å². The molecule has 1 N–H and O–H groups in total. The van der Waals surface area contributed by atoms with Crippen molar-refractivity contribution in [3.05, 3.63) is 64.2 Å². The number of carbonyl (C=O) groups is 1. The molecular weight excluding hydrogens is 226 g/mol. The number of amides is 1. The molecule has 1 aliphatic rings. The molecule has 0 atom stereocenters. The summed E-state index contributed by atoms with van der Waals surface area (Å²) in [6.07, 6.45) is 0. The molecule has 1 amide bonds. The average Bonchev–Trinajstić information content (AvgIpc) is 2.69. The molecule has 88 valence electrons. The van der Waals surface area contributed by atoms with Crippen LogP contribution in [-0.4, -0.2) is 11.0 Å². The Morgan fingerprint density at radius 3 is 2.50 bits per heavy atom. The van der Waals surface area contributed by atoms with Crippen molar-refractivity contribution in [1.29, 1.82) is 0 Å². The monoisotopic (exact) mass is 237 g/mol. The number of hydrogen-bond donors (Lipinski definition) is 1. The van der Waals surface area contributed by atoms with E-state index in [1.165, 1.54) is 0 Å². The number of aryl methyl sites for hydroxylation is 1. The molecule has 0 spiro atoms. The normalized spacial score (nSPS) is 13.4. The van der Waals surface area contributed by atoms with E-state index in [1.807, 2.05) is 25.1 Å². The fourth-order valence-corrected chi connectivity index (χ4v) is 2.19. The number of hydrogen-bond acceptors (Lipinski definition) is 2. The van der Waals surface area contributed by atoms with E-state index in [2.05, 4.69) is 4.99 Å². The van der Waals surface area contributed by atoms with Gasteiger partial charge in [0.1, 0.15) is 5.75 Å². The molecule has 3 rings (SSSR count). The second-order valence-corrected chi connectivity index (χ2v) is 4.31. The molecule has 3 nitrogen and oxygen atoms in total. The fraction of sp³-hybridized carbons (Fsp3) is 0.0667. The molecule has 0 saturated heterocycles. The first-order valence-corrected chi connectivity index (χ1v) is 5.69. The van der Waals surface area contributed by atoms with Crippen molar-refractivity contribution < 1.29 is 9.90 Å². The third-order valence-corrected chi connectivity index (χ3v) is 3.09. The summed E-state index contributed by atoms with van der Waals surface area (Å²) in [6.45, 7) is 1.94. The highest BCUT2D eigenvalue weighted by Gasteiger charge is 2.18. The maximum atomic E-state index is 12.0. The van der Waals surface area contributed by atoms with Crippen LogP contribution in [0.2, 0.25) is 0 Å². The van der Waals surface area contributed by atoms with E-state index in [1.54, 1.807) is 24.3 Å². The topological polar surface area (TPSA) is 49.7 Å². The standard InChI is InChI=1S/C15H11NO2/c1-9-3-2-4-12-13(15(18)16-14(9)12)10-5-7-11(17)8-6-10/h2-8,17H,1H3. The Bertz CT molecular complexity index is 758. The predicted molar refractivity (Wildman–Crippen MR) is 67.6 cm³/mol. The summed E-state index contributed by atoms with van der Waals surface area (Å²) in [5, 5.41) is 10.9. The molecule has 0 bridgehead atoms. The highest BCUT2D eigenvalue weighted by molar-refractivity contribution is 6.20. The highest BCUT2D eigenvalue weighted by atomic mass is 16.3. The maximum absolute atomic E-state index is 12.0. The van der Waals surface area contributed by atoms with Crippen molar-refractivity contribution in [1.82, 2.24) is 0 Å². The van der Waals surface area contributed by atoms with Gasteiger partial charge in [0.15, 0.2) is 0 Å². The minimum absolute atomic E-state index is 0.186. The largest absolute Gasteiger partial charge is 0.508 e. The molecular formula is C15H11NO2. The molecule has 0 radical (unpaired) electrons. The Kier molecular flexibility index (Phi) is 2.27. The molecule has 0 unspecified atom stereocenters. The van der Waals surface area contributed by atoms with Crippen LogP contribution in [0.3, 0.4) is 0 Å². The lowest BCUT2D eigenvalue weighted by molar-refractivity contribution is -0.112. The Morgan fingerprint density at radius 1 is 1.06 bits per heavy atom. The lowest BCUT2D eigenvalue weighted by Gasteiger charge is -2.00. The molecule has 0 fully saturated rings. The summed E-state index contributed by atoms with van der Waals surface area (Å²) in [5.41, 5.74) is 2.38. The first-order chi connectivity index (χ1) is 8.66. The predicted octanol–water partition coefficient (Wildman–Crippen LogP) is 1.06. The van der Waals surface area contributed by atoms with Gasteiger partial charge in [0.05, 0.1) is 10.9 Å². The number of rotatable bonds is 1. The van der Waals surface area contributed by atoms with Gasteiger partial charge in [-0.3, -0.25) is 4.79 Å². The van der Waals surface area contributed by atoms with Gasteiger partial charge < -0.3 is 5.11 Å². The van der Waals surface area contributed by atoms with Crippen molar-refractivity contribution in [2.24, 2.45) is 4.99 Å². The summed E-state index contributed by atoms with van der Waals surface area (Å²) < 4.78 is 0. The fourth-order valence-electron chi connectivity index (χ4n) is 2.19. The Balaban J connectivity index is 2.35. The second-order valence-electron chi connectivity index (χ2n) is 4.31. The van der Waals surface area contributed by atoms with Crippen molar-refractivity contribution in [3.8, 4) is 5.75 Å². The van der Waals surface area contributed by atoms with Gasteiger partial charge >= 0.3 is 0 Å². The summed E-state index contributed by atoms with van der Waals surface area (Å²) >= 11 is 0. The van der Waals surface area contributed by atoms with Gasteiger partial charge in [0.25, 0.3) is 5.91 Å². The van der Waals surface area contributed by atoms with Crippen molar-refractivity contribution in [2.75, 3.05) is 0 Å². The van der Waals surface area contributed by atoms with Gasteiger partial charge in [-0.05, 0) is 30.2 Å². The van der Waals surface area contributed by atoms with Crippen LogP contribution in [0.5, 0.6) is 5.75 Å². The van der Waals surface area contributed by atoms with E-state index in [4.69, 9.17) is 0 Å². The van der Waals surface area contributed by atoms with E-state index < -0.39 is 0 Å². The third kappa shape index (κ3) is 1.52. The van der Waals surface area contributed by atoms with Crippen LogP contribution in [0.1, 0.15) is 11.1 Å². The summed E-state index contributed by atoms with van der Waals surface area (Å²) in [6, 6.07) is 12.4. The van der Waals surface area contributed by atoms with Crippen LogP contribution in [-0.2, 0) is 4.79 Å². The minimum Gasteiger partial charge on any atom is -0.508 e. The van der Waals surface area contributed by atoms with Crippen LogP contribution in [0.15, 0.2) is 47.5 Å². The SMILES string of the molecule is Cc1cccc2c1=NC(=O)C=2c1ccc(O)cc1. The quantitative estimate of drug-likeness (QED) is 0.806. The van der Waals surface area contributed by atoms with Gasteiger partial charge in [-0.1, -0.05) is 30.3 Å². The Labute approximate surface area is 104 Å². The number of phenols is 1. The van der Waals surface area contributed by atoms with Gasteiger partial charge in [-0.2, -0.15) is 0 Å². The van der Waals surface area contributed by atoms with Crippen LogP contribution < -0.4 is 10.6 Å². The number of phenolic OH excluding ortho intramolecular Hbond substituents is 1. The molecule has 0 saturated carbocycles. The van der Waals surface area contributed by atoms with Crippen molar-refractivity contribution in [2.45, 2.75) is 6.92 Å².